The van der Waals surface area contributed by atoms with E-state index in [1.807, 2.05) is 35.2 Å². The molecule has 2 aromatic rings. The standard InChI is InChI=1S/C16H19N3O4S/c20-16(18-24(21,22)12-14-8-10-23-17-14)15-7-4-9-19(15)11-13-5-2-1-3-6-13/h1-3,5-6,8,10,15H,4,7,9,11-12H2,(H,18,20). The number of hydrogen-bond acceptors (Lipinski definition) is 6. The molecular weight excluding hydrogens is 330 g/mol. The monoisotopic (exact) mass is 349 g/mol. The fraction of sp³-hybridized carbons (Fsp3) is 0.375. The lowest BCUT2D eigenvalue weighted by molar-refractivity contribution is -0.123. The first-order chi connectivity index (χ1) is 11.5. The number of sulfonamides is 1. The van der Waals surface area contributed by atoms with Gasteiger partial charge in [-0.25, -0.2) is 8.42 Å². The van der Waals surface area contributed by atoms with Crippen molar-refractivity contribution >= 4 is 15.9 Å². The SMILES string of the molecule is O=C(NS(=O)(=O)Cc1ccon1)C1CCCN1Cc1ccccc1. The van der Waals surface area contributed by atoms with Crippen LogP contribution in [0, 0.1) is 0 Å². The Hall–Kier alpha value is -2.19. The van der Waals surface area contributed by atoms with Crippen molar-refractivity contribution in [2.24, 2.45) is 0 Å². The molecule has 1 aromatic heterocycles. The molecule has 0 aliphatic carbocycles. The summed E-state index contributed by atoms with van der Waals surface area (Å²) in [4.78, 5) is 14.4. The van der Waals surface area contributed by atoms with Gasteiger partial charge in [0, 0.05) is 12.6 Å². The highest BCUT2D eigenvalue weighted by Gasteiger charge is 2.32. The summed E-state index contributed by atoms with van der Waals surface area (Å²) in [5.41, 5.74) is 1.37. The Morgan fingerprint density at radius 1 is 1.29 bits per heavy atom. The van der Waals surface area contributed by atoms with Crippen molar-refractivity contribution in [3.05, 3.63) is 53.9 Å². The van der Waals surface area contributed by atoms with Gasteiger partial charge >= 0.3 is 0 Å². The lowest BCUT2D eigenvalue weighted by atomic mass is 10.2. The van der Waals surface area contributed by atoms with Crippen LogP contribution in [0.1, 0.15) is 24.1 Å². The summed E-state index contributed by atoms with van der Waals surface area (Å²) >= 11 is 0. The predicted molar refractivity (Wildman–Crippen MR) is 87.1 cm³/mol. The number of likely N-dealkylation sites (tertiary alicyclic amines) is 1. The van der Waals surface area contributed by atoms with Gasteiger partial charge in [0.15, 0.2) is 0 Å². The van der Waals surface area contributed by atoms with Crippen molar-refractivity contribution in [3.8, 4) is 0 Å². The molecule has 7 nitrogen and oxygen atoms in total. The van der Waals surface area contributed by atoms with Crippen molar-refractivity contribution in [3.63, 3.8) is 0 Å². The van der Waals surface area contributed by atoms with Gasteiger partial charge in [0.2, 0.25) is 10.0 Å². The van der Waals surface area contributed by atoms with Crippen LogP contribution >= 0.6 is 0 Å². The number of rotatable bonds is 6. The van der Waals surface area contributed by atoms with Crippen molar-refractivity contribution in [2.75, 3.05) is 6.54 Å². The fourth-order valence-electron chi connectivity index (χ4n) is 2.89. The number of amides is 1. The zero-order valence-electron chi connectivity index (χ0n) is 13.1. The van der Waals surface area contributed by atoms with Crippen LogP contribution in [-0.4, -0.2) is 37.0 Å². The molecule has 1 amide bonds. The molecule has 0 bridgehead atoms. The minimum Gasteiger partial charge on any atom is -0.364 e. The molecule has 128 valence electrons. The van der Waals surface area contributed by atoms with Crippen LogP contribution in [-0.2, 0) is 27.1 Å². The molecule has 0 saturated carbocycles. The molecule has 8 heteroatoms. The van der Waals surface area contributed by atoms with E-state index in [1.165, 1.54) is 12.3 Å². The summed E-state index contributed by atoms with van der Waals surface area (Å²) < 4.78 is 31.0. The summed E-state index contributed by atoms with van der Waals surface area (Å²) in [5.74, 6) is -0.854. The van der Waals surface area contributed by atoms with Gasteiger partial charge < -0.3 is 4.52 Å². The maximum absolute atomic E-state index is 12.4. The van der Waals surface area contributed by atoms with Gasteiger partial charge in [0.05, 0.1) is 6.04 Å². The van der Waals surface area contributed by atoms with E-state index in [0.29, 0.717) is 13.0 Å². The summed E-state index contributed by atoms with van der Waals surface area (Å²) in [6, 6.07) is 10.8. The molecule has 1 saturated heterocycles. The predicted octanol–water partition coefficient (Wildman–Crippen LogP) is 1.29. The molecule has 1 fully saturated rings. The van der Waals surface area contributed by atoms with Gasteiger partial charge in [0.25, 0.3) is 5.91 Å². The fourth-order valence-corrected chi connectivity index (χ4v) is 3.95. The third kappa shape index (κ3) is 4.21. The first kappa shape index (κ1) is 16.7. The Balaban J connectivity index is 1.63. The molecule has 1 unspecified atom stereocenters. The molecule has 0 spiro atoms. The van der Waals surface area contributed by atoms with Crippen LogP contribution in [0.3, 0.4) is 0 Å². The molecular formula is C16H19N3O4S. The smallest absolute Gasteiger partial charge is 0.250 e. The second-order valence-electron chi connectivity index (χ2n) is 5.83. The minimum atomic E-state index is -3.79. The number of carbonyl (C=O) groups excluding carboxylic acids is 1. The van der Waals surface area contributed by atoms with Crippen LogP contribution in [0.25, 0.3) is 0 Å². The van der Waals surface area contributed by atoms with Crippen LogP contribution in [0.5, 0.6) is 0 Å². The van der Waals surface area contributed by atoms with E-state index in [-0.39, 0.29) is 11.4 Å². The Morgan fingerprint density at radius 3 is 2.79 bits per heavy atom. The summed E-state index contributed by atoms with van der Waals surface area (Å²) in [7, 11) is -3.79. The molecule has 1 atom stereocenters. The van der Waals surface area contributed by atoms with E-state index < -0.39 is 22.0 Å². The number of carbonyl (C=O) groups is 1. The number of aromatic nitrogens is 1. The van der Waals surface area contributed by atoms with Crippen LogP contribution < -0.4 is 4.72 Å². The lowest BCUT2D eigenvalue weighted by Crippen LogP contribution is -2.45. The van der Waals surface area contributed by atoms with E-state index in [0.717, 1.165) is 18.5 Å². The van der Waals surface area contributed by atoms with Crippen molar-refractivity contribution in [2.45, 2.75) is 31.2 Å². The zero-order valence-corrected chi connectivity index (χ0v) is 13.9. The van der Waals surface area contributed by atoms with Gasteiger partial charge in [-0.1, -0.05) is 35.5 Å². The second-order valence-corrected chi connectivity index (χ2v) is 7.55. The maximum Gasteiger partial charge on any atom is 0.250 e. The molecule has 1 aliphatic rings. The molecule has 1 aromatic carbocycles. The normalized spacial score (nSPS) is 18.6. The first-order valence-electron chi connectivity index (χ1n) is 7.75. The Morgan fingerprint density at radius 2 is 2.08 bits per heavy atom. The summed E-state index contributed by atoms with van der Waals surface area (Å²) in [6.07, 6.45) is 2.82. The molecule has 1 N–H and O–H groups in total. The first-order valence-corrected chi connectivity index (χ1v) is 9.40. The van der Waals surface area contributed by atoms with Crippen molar-refractivity contribution in [1.82, 2.24) is 14.8 Å². The second kappa shape index (κ2) is 7.14. The Kier molecular flexibility index (Phi) is 4.96. The van der Waals surface area contributed by atoms with Crippen LogP contribution in [0.4, 0.5) is 0 Å². The van der Waals surface area contributed by atoms with Gasteiger partial charge in [0.1, 0.15) is 17.7 Å². The largest absolute Gasteiger partial charge is 0.364 e. The van der Waals surface area contributed by atoms with Crippen LogP contribution in [0.2, 0.25) is 0 Å². The number of nitrogens with one attached hydrogen (secondary N) is 1. The van der Waals surface area contributed by atoms with Crippen LogP contribution in [0.15, 0.2) is 47.2 Å². The highest BCUT2D eigenvalue weighted by molar-refractivity contribution is 7.89. The summed E-state index contributed by atoms with van der Waals surface area (Å²) in [6.45, 7) is 1.40. The zero-order chi connectivity index (χ0) is 17.0. The number of nitrogens with zero attached hydrogens (tertiary/aromatic N) is 2. The van der Waals surface area contributed by atoms with Gasteiger partial charge in [-0.3, -0.25) is 14.4 Å². The van der Waals surface area contributed by atoms with Crippen molar-refractivity contribution < 1.29 is 17.7 Å². The van der Waals surface area contributed by atoms with Crippen molar-refractivity contribution in [1.29, 1.82) is 0 Å². The van der Waals surface area contributed by atoms with Gasteiger partial charge in [-0.05, 0) is 24.9 Å². The average molecular weight is 349 g/mol. The quantitative estimate of drug-likeness (QED) is 0.845. The average Bonchev–Trinajstić information content (AvgIpc) is 3.19. The van der Waals surface area contributed by atoms with E-state index >= 15 is 0 Å². The summed E-state index contributed by atoms with van der Waals surface area (Å²) in [5, 5.41) is 3.56. The maximum atomic E-state index is 12.4. The molecule has 24 heavy (non-hydrogen) atoms. The van der Waals surface area contributed by atoms with E-state index in [4.69, 9.17) is 0 Å². The number of benzene rings is 1. The lowest BCUT2D eigenvalue weighted by Gasteiger charge is -2.23. The third-order valence-corrected chi connectivity index (χ3v) is 5.17. The minimum absolute atomic E-state index is 0.267. The van der Waals surface area contributed by atoms with E-state index in [1.54, 1.807) is 0 Å². The number of hydrogen-bond donors (Lipinski definition) is 1. The third-order valence-electron chi connectivity index (χ3n) is 3.98. The Labute approximate surface area is 140 Å². The highest BCUT2D eigenvalue weighted by Crippen LogP contribution is 2.20. The molecule has 0 radical (unpaired) electrons. The van der Waals surface area contributed by atoms with E-state index in [9.17, 15) is 13.2 Å². The van der Waals surface area contributed by atoms with E-state index in [2.05, 4.69) is 14.4 Å². The molecule has 3 rings (SSSR count). The molecule has 1 aliphatic heterocycles. The highest BCUT2D eigenvalue weighted by atomic mass is 32.2. The Bertz CT molecular complexity index is 775. The topological polar surface area (TPSA) is 92.5 Å². The van der Waals surface area contributed by atoms with Gasteiger partial charge in [-0.15, -0.1) is 0 Å². The van der Waals surface area contributed by atoms with Gasteiger partial charge in [-0.2, -0.15) is 0 Å². The molecule has 2 heterocycles.